The number of phenols is 1. The van der Waals surface area contributed by atoms with Crippen LogP contribution in [0.25, 0.3) is 11.3 Å². The summed E-state index contributed by atoms with van der Waals surface area (Å²) in [6.45, 7) is 0. The van der Waals surface area contributed by atoms with Crippen LogP contribution in [0.2, 0.25) is 0 Å². The van der Waals surface area contributed by atoms with Gasteiger partial charge in [0.1, 0.15) is 23.2 Å². The van der Waals surface area contributed by atoms with E-state index < -0.39 is 6.04 Å². The van der Waals surface area contributed by atoms with Crippen LogP contribution < -0.4 is 15.6 Å². The summed E-state index contributed by atoms with van der Waals surface area (Å²) in [5.41, 5.74) is 2.66. The summed E-state index contributed by atoms with van der Waals surface area (Å²) in [6, 6.07) is 13.6. The Morgan fingerprint density at radius 2 is 2.00 bits per heavy atom. The molecule has 1 aliphatic rings. The Bertz CT molecular complexity index is 1260. The van der Waals surface area contributed by atoms with Crippen molar-refractivity contribution in [1.29, 1.82) is 0 Å². The average molecular weight is 389 g/mol. The van der Waals surface area contributed by atoms with E-state index in [1.165, 1.54) is 0 Å². The van der Waals surface area contributed by atoms with Crippen LogP contribution in [-0.4, -0.2) is 42.6 Å². The van der Waals surface area contributed by atoms with Crippen LogP contribution in [0.3, 0.4) is 0 Å². The Kier molecular flexibility index (Phi) is 3.76. The zero-order valence-electron chi connectivity index (χ0n) is 15.2. The number of ether oxygens (including phenoxy) is 1. The number of hydrogen-bond donors (Lipinski definition) is 3. The van der Waals surface area contributed by atoms with E-state index in [1.807, 2.05) is 24.3 Å². The first-order valence-corrected chi connectivity index (χ1v) is 8.76. The number of tetrazole rings is 1. The quantitative estimate of drug-likeness (QED) is 0.426. The average Bonchev–Trinajstić information content (AvgIpc) is 3.22. The first kappa shape index (κ1) is 16.9. The smallest absolute Gasteiger partial charge is 0.288 e. The molecule has 3 heterocycles. The lowest BCUT2D eigenvalue weighted by atomic mass is 9.92. The summed E-state index contributed by atoms with van der Waals surface area (Å²) in [5.74, 6) is 1.14. The Labute approximate surface area is 163 Å². The Morgan fingerprint density at radius 1 is 1.17 bits per heavy atom. The molecule has 3 N–H and O–H groups in total. The van der Waals surface area contributed by atoms with Gasteiger partial charge >= 0.3 is 0 Å². The number of anilines is 2. The van der Waals surface area contributed by atoms with Crippen molar-refractivity contribution in [3.8, 4) is 22.8 Å². The standard InChI is InChI=1S/C19H15N7O3/c1-29-13-4-2-3-11(9-13)15-14-16(18(28)22-21-15)20-19-23-24-25-26(19)17(14)10-5-7-12(27)8-6-10/h2-9,17,27H,1H3,(H,22,28)(H,20,23,25)/t17-/m0/s1. The van der Waals surface area contributed by atoms with Gasteiger partial charge in [-0.05, 0) is 40.3 Å². The molecule has 0 radical (unpaired) electrons. The van der Waals surface area contributed by atoms with E-state index in [4.69, 9.17) is 4.74 Å². The zero-order valence-corrected chi connectivity index (χ0v) is 15.2. The molecule has 2 aromatic heterocycles. The maximum absolute atomic E-state index is 12.6. The second-order valence-corrected chi connectivity index (χ2v) is 6.49. The van der Waals surface area contributed by atoms with E-state index in [2.05, 4.69) is 31.0 Å². The minimum Gasteiger partial charge on any atom is -0.508 e. The van der Waals surface area contributed by atoms with E-state index in [0.29, 0.717) is 28.6 Å². The number of nitrogens with zero attached hydrogens (tertiary/aromatic N) is 5. The van der Waals surface area contributed by atoms with Crippen LogP contribution in [0.4, 0.5) is 11.6 Å². The third kappa shape index (κ3) is 2.69. The molecule has 0 saturated heterocycles. The first-order chi connectivity index (χ1) is 14.2. The Balaban J connectivity index is 1.80. The van der Waals surface area contributed by atoms with Gasteiger partial charge in [-0.1, -0.05) is 29.4 Å². The number of aromatic hydroxyl groups is 1. The maximum atomic E-state index is 12.6. The van der Waals surface area contributed by atoms with Gasteiger partial charge in [0.15, 0.2) is 0 Å². The molecular formula is C19H15N7O3. The van der Waals surface area contributed by atoms with E-state index in [1.54, 1.807) is 36.1 Å². The molecule has 2 aromatic carbocycles. The van der Waals surface area contributed by atoms with Gasteiger partial charge in [0.25, 0.3) is 5.56 Å². The highest BCUT2D eigenvalue weighted by atomic mass is 16.5. The number of phenolic OH excluding ortho intramolecular Hbond substituents is 1. The second-order valence-electron chi connectivity index (χ2n) is 6.49. The summed E-state index contributed by atoms with van der Waals surface area (Å²) in [7, 11) is 1.59. The molecule has 5 rings (SSSR count). The number of rotatable bonds is 3. The van der Waals surface area contributed by atoms with Gasteiger partial charge in [0.2, 0.25) is 5.95 Å². The van der Waals surface area contributed by atoms with Crippen molar-refractivity contribution < 1.29 is 9.84 Å². The van der Waals surface area contributed by atoms with Gasteiger partial charge in [0, 0.05) is 11.1 Å². The fourth-order valence-electron chi connectivity index (χ4n) is 3.49. The van der Waals surface area contributed by atoms with Crippen LogP contribution in [0.1, 0.15) is 17.2 Å². The molecule has 0 bridgehead atoms. The monoisotopic (exact) mass is 389 g/mol. The molecule has 1 atom stereocenters. The van der Waals surface area contributed by atoms with Crippen molar-refractivity contribution in [3.05, 3.63) is 70.0 Å². The van der Waals surface area contributed by atoms with Crippen molar-refractivity contribution >= 4 is 11.6 Å². The fraction of sp³-hybridized carbons (Fsp3) is 0.105. The molecule has 144 valence electrons. The van der Waals surface area contributed by atoms with E-state index in [0.717, 1.165) is 11.1 Å². The van der Waals surface area contributed by atoms with E-state index >= 15 is 0 Å². The molecule has 1 aliphatic heterocycles. The SMILES string of the molecule is COc1cccc(-c2n[nH]c(=O)c3c2[C@H](c2ccc(O)cc2)n2nnnc2N3)c1. The number of nitrogens with one attached hydrogen (secondary N) is 2. The molecule has 0 saturated carbocycles. The molecule has 0 aliphatic carbocycles. The number of fused-ring (bicyclic) bond motifs is 2. The summed E-state index contributed by atoms with van der Waals surface area (Å²) in [5, 5.41) is 31.4. The number of hydrogen-bond acceptors (Lipinski definition) is 8. The second kappa shape index (κ2) is 6.44. The van der Waals surface area contributed by atoms with Gasteiger partial charge in [-0.25, -0.2) is 5.10 Å². The molecule has 0 unspecified atom stereocenters. The van der Waals surface area contributed by atoms with Gasteiger partial charge in [-0.15, -0.1) is 0 Å². The number of aromatic nitrogens is 6. The fourth-order valence-corrected chi connectivity index (χ4v) is 3.49. The predicted molar refractivity (Wildman–Crippen MR) is 103 cm³/mol. The molecule has 0 fully saturated rings. The van der Waals surface area contributed by atoms with Crippen LogP contribution in [0.15, 0.2) is 53.3 Å². The molecule has 4 aromatic rings. The zero-order chi connectivity index (χ0) is 20.0. The summed E-state index contributed by atoms with van der Waals surface area (Å²) >= 11 is 0. The van der Waals surface area contributed by atoms with E-state index in [9.17, 15) is 9.90 Å². The van der Waals surface area contributed by atoms with Gasteiger partial charge in [0.05, 0.1) is 12.8 Å². The maximum Gasteiger partial charge on any atom is 0.288 e. The lowest BCUT2D eigenvalue weighted by Gasteiger charge is -2.27. The van der Waals surface area contributed by atoms with Crippen molar-refractivity contribution in [1.82, 2.24) is 30.4 Å². The summed E-state index contributed by atoms with van der Waals surface area (Å²) in [6.07, 6.45) is 0. The minimum atomic E-state index is -0.521. The molecule has 29 heavy (non-hydrogen) atoms. The molecular weight excluding hydrogens is 374 g/mol. The predicted octanol–water partition coefficient (Wildman–Crippen LogP) is 1.83. The number of H-pyrrole nitrogens is 1. The normalized spacial score (nSPS) is 14.6. The van der Waals surface area contributed by atoms with Gasteiger partial charge < -0.3 is 15.2 Å². The lowest BCUT2D eigenvalue weighted by Crippen LogP contribution is -2.29. The lowest BCUT2D eigenvalue weighted by molar-refractivity contribution is 0.415. The summed E-state index contributed by atoms with van der Waals surface area (Å²) in [4.78, 5) is 12.6. The van der Waals surface area contributed by atoms with Crippen LogP contribution in [0, 0.1) is 0 Å². The highest BCUT2D eigenvalue weighted by Crippen LogP contribution is 2.41. The Hall–Kier alpha value is -4.21. The van der Waals surface area contributed by atoms with Crippen LogP contribution >= 0.6 is 0 Å². The van der Waals surface area contributed by atoms with Gasteiger partial charge in [-0.3, -0.25) is 4.79 Å². The van der Waals surface area contributed by atoms with Crippen molar-refractivity contribution in [3.63, 3.8) is 0 Å². The third-order valence-electron chi connectivity index (χ3n) is 4.82. The van der Waals surface area contributed by atoms with E-state index in [-0.39, 0.29) is 11.3 Å². The number of benzene rings is 2. The van der Waals surface area contributed by atoms with Crippen molar-refractivity contribution in [2.75, 3.05) is 12.4 Å². The highest BCUT2D eigenvalue weighted by molar-refractivity contribution is 5.76. The topological polar surface area (TPSA) is 131 Å². The van der Waals surface area contributed by atoms with Crippen molar-refractivity contribution in [2.24, 2.45) is 0 Å². The molecule has 0 amide bonds. The number of aromatic amines is 1. The minimum absolute atomic E-state index is 0.136. The summed E-state index contributed by atoms with van der Waals surface area (Å²) < 4.78 is 6.91. The largest absolute Gasteiger partial charge is 0.508 e. The van der Waals surface area contributed by atoms with Crippen LogP contribution in [-0.2, 0) is 0 Å². The van der Waals surface area contributed by atoms with Crippen molar-refractivity contribution in [2.45, 2.75) is 6.04 Å². The third-order valence-corrected chi connectivity index (χ3v) is 4.82. The Morgan fingerprint density at radius 3 is 2.79 bits per heavy atom. The molecule has 0 spiro atoms. The molecule has 10 heteroatoms. The van der Waals surface area contributed by atoms with Gasteiger partial charge in [-0.2, -0.15) is 9.78 Å². The molecule has 10 nitrogen and oxygen atoms in total. The first-order valence-electron chi connectivity index (χ1n) is 8.76. The van der Waals surface area contributed by atoms with Crippen LogP contribution in [0.5, 0.6) is 11.5 Å². The number of methoxy groups -OCH3 is 1. The highest BCUT2D eigenvalue weighted by Gasteiger charge is 2.34.